The second-order valence-electron chi connectivity index (χ2n) is 6.22. The van der Waals surface area contributed by atoms with Crippen LogP contribution in [0.25, 0.3) is 0 Å². The second-order valence-corrected chi connectivity index (χ2v) is 6.22. The summed E-state index contributed by atoms with van der Waals surface area (Å²) in [4.78, 5) is 7.26. The molecule has 1 aromatic rings. The normalized spacial score (nSPS) is 25.2. The molecule has 1 atom stereocenters. The summed E-state index contributed by atoms with van der Waals surface area (Å²) < 4.78 is 2.45. The van der Waals surface area contributed by atoms with E-state index in [1.165, 1.54) is 44.5 Å². The van der Waals surface area contributed by atoms with Crippen LogP contribution in [0.15, 0.2) is 6.20 Å². The molecule has 19 heavy (non-hydrogen) atoms. The Morgan fingerprint density at radius 3 is 2.79 bits per heavy atom. The highest BCUT2D eigenvalue weighted by Crippen LogP contribution is 2.34. The summed E-state index contributed by atoms with van der Waals surface area (Å²) in [6.45, 7) is 5.14. The minimum Gasteiger partial charge on any atom is -0.342 e. The monoisotopic (exact) mass is 262 g/mol. The van der Waals surface area contributed by atoms with Gasteiger partial charge in [0.25, 0.3) is 0 Å². The fourth-order valence-electron chi connectivity index (χ4n) is 3.63. The molecule has 0 amide bonds. The van der Waals surface area contributed by atoms with Crippen molar-refractivity contribution in [2.24, 2.45) is 11.7 Å². The smallest absolute Gasteiger partial charge is 0.205 e. The lowest BCUT2D eigenvalue weighted by molar-refractivity contribution is 0.409. The molecule has 4 nitrogen and oxygen atoms in total. The summed E-state index contributed by atoms with van der Waals surface area (Å²) in [5.74, 6) is 1.84. The third kappa shape index (κ3) is 2.64. The van der Waals surface area contributed by atoms with Gasteiger partial charge in [-0.15, -0.1) is 0 Å². The first-order chi connectivity index (χ1) is 9.28. The van der Waals surface area contributed by atoms with E-state index in [0.29, 0.717) is 12.0 Å². The third-order valence-corrected chi connectivity index (χ3v) is 4.69. The molecule has 1 saturated heterocycles. The highest BCUT2D eigenvalue weighted by Gasteiger charge is 2.26. The average molecular weight is 262 g/mol. The first kappa shape index (κ1) is 13.0. The zero-order chi connectivity index (χ0) is 13.2. The molecule has 2 aliphatic rings. The molecule has 4 heteroatoms. The van der Waals surface area contributed by atoms with Gasteiger partial charge in [-0.05, 0) is 45.1 Å². The molecule has 1 saturated carbocycles. The highest BCUT2D eigenvalue weighted by atomic mass is 15.3. The van der Waals surface area contributed by atoms with Crippen molar-refractivity contribution >= 4 is 5.95 Å². The largest absolute Gasteiger partial charge is 0.342 e. The molecule has 2 N–H and O–H groups in total. The summed E-state index contributed by atoms with van der Waals surface area (Å²) in [5.41, 5.74) is 7.00. The van der Waals surface area contributed by atoms with Crippen molar-refractivity contribution in [2.45, 2.75) is 51.5 Å². The van der Waals surface area contributed by atoms with Gasteiger partial charge < -0.3 is 15.2 Å². The fourth-order valence-corrected chi connectivity index (χ4v) is 3.63. The number of nitrogens with zero attached hydrogens (tertiary/aromatic N) is 3. The molecule has 1 aromatic heterocycles. The zero-order valence-electron chi connectivity index (χ0n) is 12.0. The van der Waals surface area contributed by atoms with Crippen LogP contribution in [0.4, 0.5) is 5.95 Å². The van der Waals surface area contributed by atoms with Crippen LogP contribution in [0.5, 0.6) is 0 Å². The van der Waals surface area contributed by atoms with Gasteiger partial charge in [-0.1, -0.05) is 12.8 Å². The summed E-state index contributed by atoms with van der Waals surface area (Å²) in [6, 6.07) is 0.675. The number of nitrogens with two attached hydrogens (primary N) is 1. The molecule has 1 unspecified atom stereocenters. The molecule has 2 fully saturated rings. The van der Waals surface area contributed by atoms with Crippen molar-refractivity contribution in [2.75, 3.05) is 24.5 Å². The van der Waals surface area contributed by atoms with Crippen LogP contribution in [0, 0.1) is 12.8 Å². The lowest BCUT2D eigenvalue weighted by atomic mass is 9.99. The van der Waals surface area contributed by atoms with E-state index in [4.69, 9.17) is 10.7 Å². The van der Waals surface area contributed by atoms with Crippen LogP contribution in [0.1, 0.15) is 50.3 Å². The Morgan fingerprint density at radius 1 is 1.26 bits per heavy atom. The van der Waals surface area contributed by atoms with Crippen molar-refractivity contribution in [1.29, 1.82) is 0 Å². The van der Waals surface area contributed by atoms with E-state index in [1.54, 1.807) is 0 Å². The maximum absolute atomic E-state index is 5.86. The van der Waals surface area contributed by atoms with Gasteiger partial charge in [0.15, 0.2) is 0 Å². The Hall–Kier alpha value is -1.03. The number of piperidine rings is 1. The minimum atomic E-state index is 0.641. The maximum Gasteiger partial charge on any atom is 0.205 e. The van der Waals surface area contributed by atoms with Crippen molar-refractivity contribution in [1.82, 2.24) is 9.55 Å². The Kier molecular flexibility index (Phi) is 3.78. The van der Waals surface area contributed by atoms with Gasteiger partial charge in [-0.25, -0.2) is 4.98 Å². The molecule has 1 aliphatic heterocycles. The number of anilines is 1. The number of imidazole rings is 1. The van der Waals surface area contributed by atoms with Gasteiger partial charge in [0, 0.05) is 25.3 Å². The van der Waals surface area contributed by atoms with Crippen LogP contribution in [-0.4, -0.2) is 29.2 Å². The van der Waals surface area contributed by atoms with E-state index >= 15 is 0 Å². The summed E-state index contributed by atoms with van der Waals surface area (Å²) in [5, 5.41) is 0. The van der Waals surface area contributed by atoms with E-state index in [2.05, 4.69) is 22.6 Å². The molecule has 3 rings (SSSR count). The van der Waals surface area contributed by atoms with Gasteiger partial charge in [0.1, 0.15) is 0 Å². The van der Waals surface area contributed by atoms with Gasteiger partial charge in [0.2, 0.25) is 5.95 Å². The van der Waals surface area contributed by atoms with E-state index < -0.39 is 0 Å². The highest BCUT2D eigenvalue weighted by molar-refractivity contribution is 5.35. The Morgan fingerprint density at radius 2 is 2.05 bits per heavy atom. The molecule has 0 bridgehead atoms. The lowest BCUT2D eigenvalue weighted by Gasteiger charge is -2.34. The van der Waals surface area contributed by atoms with Crippen molar-refractivity contribution in [3.05, 3.63) is 11.9 Å². The molecule has 0 aromatic carbocycles. The second kappa shape index (κ2) is 5.53. The van der Waals surface area contributed by atoms with Gasteiger partial charge >= 0.3 is 0 Å². The van der Waals surface area contributed by atoms with Crippen LogP contribution in [-0.2, 0) is 0 Å². The van der Waals surface area contributed by atoms with Gasteiger partial charge in [0.05, 0.1) is 5.69 Å². The van der Waals surface area contributed by atoms with E-state index in [1.807, 2.05) is 0 Å². The quantitative estimate of drug-likeness (QED) is 0.910. The molecule has 1 aliphatic carbocycles. The topological polar surface area (TPSA) is 47.1 Å². The standard InChI is InChI=1S/C15H26N4/c1-12-10-19(14-6-2-3-7-14)15(17-12)18-8-4-5-13(9-16)11-18/h10,13-14H,2-9,11,16H2,1H3. The molecular formula is C15H26N4. The Balaban J connectivity index is 1.82. The summed E-state index contributed by atoms with van der Waals surface area (Å²) >= 11 is 0. The number of hydrogen-bond acceptors (Lipinski definition) is 3. The first-order valence-electron chi connectivity index (χ1n) is 7.78. The van der Waals surface area contributed by atoms with Crippen LogP contribution in [0.3, 0.4) is 0 Å². The molecule has 0 radical (unpaired) electrons. The molecular weight excluding hydrogens is 236 g/mol. The van der Waals surface area contributed by atoms with E-state index in [0.717, 1.165) is 25.3 Å². The molecule has 0 spiro atoms. The fraction of sp³-hybridized carbons (Fsp3) is 0.800. The SMILES string of the molecule is Cc1cn(C2CCCC2)c(N2CCCC(CN)C2)n1. The van der Waals surface area contributed by atoms with Crippen molar-refractivity contribution < 1.29 is 0 Å². The van der Waals surface area contributed by atoms with Gasteiger partial charge in [-0.3, -0.25) is 0 Å². The predicted molar refractivity (Wildman–Crippen MR) is 78.5 cm³/mol. The zero-order valence-corrected chi connectivity index (χ0v) is 12.0. The average Bonchev–Trinajstić information content (AvgIpc) is 3.07. The lowest BCUT2D eigenvalue weighted by Crippen LogP contribution is -2.40. The van der Waals surface area contributed by atoms with E-state index in [-0.39, 0.29) is 0 Å². The van der Waals surface area contributed by atoms with Crippen molar-refractivity contribution in [3.8, 4) is 0 Å². The van der Waals surface area contributed by atoms with Crippen LogP contribution < -0.4 is 10.6 Å². The minimum absolute atomic E-state index is 0.641. The predicted octanol–water partition coefficient (Wildman–Crippen LogP) is 2.48. The van der Waals surface area contributed by atoms with Gasteiger partial charge in [-0.2, -0.15) is 0 Å². The third-order valence-electron chi connectivity index (χ3n) is 4.69. The molecule has 106 valence electrons. The van der Waals surface area contributed by atoms with E-state index in [9.17, 15) is 0 Å². The summed E-state index contributed by atoms with van der Waals surface area (Å²) in [7, 11) is 0. The number of hydrogen-bond donors (Lipinski definition) is 1. The summed E-state index contributed by atoms with van der Waals surface area (Å²) in [6.07, 6.45) is 10.1. The number of aromatic nitrogens is 2. The number of rotatable bonds is 3. The van der Waals surface area contributed by atoms with Crippen LogP contribution >= 0.6 is 0 Å². The Bertz CT molecular complexity index is 420. The van der Waals surface area contributed by atoms with Crippen LogP contribution in [0.2, 0.25) is 0 Å². The molecule has 2 heterocycles. The first-order valence-corrected chi connectivity index (χ1v) is 7.78. The number of aryl methyl sites for hydroxylation is 1. The maximum atomic E-state index is 5.86. The Labute approximate surface area is 116 Å². The van der Waals surface area contributed by atoms with Crippen molar-refractivity contribution in [3.63, 3.8) is 0 Å².